The van der Waals surface area contributed by atoms with Crippen LogP contribution in [-0.4, -0.2) is 23.4 Å². The Hall–Kier alpha value is -4.80. The van der Waals surface area contributed by atoms with E-state index in [1.54, 1.807) is 48.5 Å². The Bertz CT molecular complexity index is 1250. The summed E-state index contributed by atoms with van der Waals surface area (Å²) < 4.78 is 11.0. The Morgan fingerprint density at radius 1 is 0.447 bits per heavy atom. The van der Waals surface area contributed by atoms with E-state index >= 15 is 0 Å². The molecule has 0 fully saturated rings. The van der Waals surface area contributed by atoms with Crippen LogP contribution in [0.1, 0.15) is 48.9 Å². The van der Waals surface area contributed by atoms with Crippen molar-refractivity contribution < 1.29 is 19.7 Å². The predicted molar refractivity (Wildman–Crippen MR) is 153 cm³/mol. The first-order valence-corrected chi connectivity index (χ1v) is 12.6. The molecule has 4 nitrogen and oxygen atoms in total. The quantitative estimate of drug-likeness (QED) is 0.274. The Kier molecular flexibility index (Phi) is 11.2. The van der Waals surface area contributed by atoms with Crippen molar-refractivity contribution >= 4 is 0 Å². The summed E-state index contributed by atoms with van der Waals surface area (Å²) in [4.78, 5) is 0. The summed E-state index contributed by atoms with van der Waals surface area (Å²) in [7, 11) is 0. The fourth-order valence-electron chi connectivity index (χ4n) is 3.09. The molecule has 0 aliphatic carbocycles. The molecule has 0 aliphatic heterocycles. The minimum Gasteiger partial charge on any atom is -0.508 e. The predicted octanol–water partition coefficient (Wildman–Crippen LogP) is 7.16. The molecule has 0 unspecified atom stereocenters. The average molecular weight is 505 g/mol. The third kappa shape index (κ3) is 10.1. The van der Waals surface area contributed by atoms with Crippen LogP contribution in [0.15, 0.2) is 97.1 Å². The fourth-order valence-corrected chi connectivity index (χ4v) is 3.09. The molecule has 0 heterocycles. The van der Waals surface area contributed by atoms with Gasteiger partial charge in [-0.2, -0.15) is 0 Å². The zero-order valence-electron chi connectivity index (χ0n) is 21.8. The van der Waals surface area contributed by atoms with E-state index in [4.69, 9.17) is 9.47 Å². The van der Waals surface area contributed by atoms with Crippen LogP contribution in [0.5, 0.6) is 23.0 Å². The van der Waals surface area contributed by atoms with Gasteiger partial charge in [0.1, 0.15) is 23.0 Å². The second-order valence-electron chi connectivity index (χ2n) is 8.34. The maximum Gasteiger partial charge on any atom is 0.119 e. The first-order valence-electron chi connectivity index (χ1n) is 12.6. The van der Waals surface area contributed by atoms with Gasteiger partial charge in [0.2, 0.25) is 0 Å². The zero-order chi connectivity index (χ0) is 27.0. The van der Waals surface area contributed by atoms with Gasteiger partial charge in [-0.25, -0.2) is 0 Å². The molecule has 0 spiro atoms. The van der Waals surface area contributed by atoms with E-state index in [0.29, 0.717) is 0 Å². The minimum atomic E-state index is 0.253. The molecule has 4 heteroatoms. The van der Waals surface area contributed by atoms with Gasteiger partial charge in [-0.05, 0) is 110 Å². The Morgan fingerprint density at radius 2 is 0.711 bits per heavy atom. The lowest BCUT2D eigenvalue weighted by Gasteiger charge is -2.03. The SMILES string of the molecule is CCCOc1ccc(C#Cc2ccc(O)cc2)cc1.CCCOc1ccc(C#Cc2ccc(O)cc2)cc1. The van der Waals surface area contributed by atoms with Crippen LogP contribution in [0, 0.1) is 23.7 Å². The van der Waals surface area contributed by atoms with Crippen LogP contribution < -0.4 is 9.47 Å². The van der Waals surface area contributed by atoms with Crippen LogP contribution in [0.4, 0.5) is 0 Å². The molecule has 2 N–H and O–H groups in total. The van der Waals surface area contributed by atoms with E-state index in [0.717, 1.165) is 59.8 Å². The monoisotopic (exact) mass is 504 g/mol. The van der Waals surface area contributed by atoms with Crippen molar-refractivity contribution in [1.82, 2.24) is 0 Å². The lowest BCUT2D eigenvalue weighted by Crippen LogP contribution is -1.94. The molecule has 4 aromatic rings. The molecule has 0 atom stereocenters. The largest absolute Gasteiger partial charge is 0.508 e. The third-order valence-electron chi connectivity index (χ3n) is 5.09. The fraction of sp³-hybridized carbons (Fsp3) is 0.176. The van der Waals surface area contributed by atoms with E-state index in [1.807, 2.05) is 48.5 Å². The molecular weight excluding hydrogens is 472 g/mol. The number of phenolic OH excluding ortho intramolecular Hbond substituents is 2. The Labute approximate surface area is 225 Å². The van der Waals surface area contributed by atoms with Gasteiger partial charge >= 0.3 is 0 Å². The van der Waals surface area contributed by atoms with Crippen molar-refractivity contribution in [2.45, 2.75) is 26.7 Å². The number of ether oxygens (including phenoxy) is 2. The average Bonchev–Trinajstić information content (AvgIpc) is 2.96. The summed E-state index contributed by atoms with van der Waals surface area (Å²) in [6.45, 7) is 5.63. The van der Waals surface area contributed by atoms with Gasteiger partial charge < -0.3 is 19.7 Å². The molecule has 0 saturated heterocycles. The van der Waals surface area contributed by atoms with Gasteiger partial charge in [-0.15, -0.1) is 0 Å². The van der Waals surface area contributed by atoms with Gasteiger partial charge in [-0.1, -0.05) is 37.5 Å². The topological polar surface area (TPSA) is 58.9 Å². The molecule has 4 aromatic carbocycles. The lowest BCUT2D eigenvalue weighted by molar-refractivity contribution is 0.317. The summed E-state index contributed by atoms with van der Waals surface area (Å²) in [6.07, 6.45) is 2.00. The molecular formula is C34H32O4. The standard InChI is InChI=1S/2C17H16O2/c2*1-2-13-19-17-11-7-15(8-12-17)4-3-14-5-9-16(18)10-6-14/h2*5-12,18H,2,13H2,1H3. The molecule has 0 radical (unpaired) electrons. The molecule has 0 aliphatic rings. The summed E-state index contributed by atoms with van der Waals surface area (Å²) in [5.74, 6) is 14.5. The summed E-state index contributed by atoms with van der Waals surface area (Å²) in [5.41, 5.74) is 3.64. The van der Waals surface area contributed by atoms with Crippen LogP contribution in [0.2, 0.25) is 0 Å². The number of aromatic hydroxyl groups is 2. The van der Waals surface area contributed by atoms with Gasteiger partial charge in [0.05, 0.1) is 13.2 Å². The van der Waals surface area contributed by atoms with Crippen molar-refractivity contribution in [3.05, 3.63) is 119 Å². The first-order chi connectivity index (χ1) is 18.6. The highest BCUT2D eigenvalue weighted by atomic mass is 16.5. The van der Waals surface area contributed by atoms with Crippen LogP contribution in [-0.2, 0) is 0 Å². The van der Waals surface area contributed by atoms with E-state index in [9.17, 15) is 10.2 Å². The van der Waals surface area contributed by atoms with Gasteiger partial charge in [0, 0.05) is 22.3 Å². The second-order valence-corrected chi connectivity index (χ2v) is 8.34. The van der Waals surface area contributed by atoms with Gasteiger partial charge in [-0.3, -0.25) is 0 Å². The smallest absolute Gasteiger partial charge is 0.119 e. The summed E-state index contributed by atoms with van der Waals surface area (Å²) >= 11 is 0. The Morgan fingerprint density at radius 3 is 0.974 bits per heavy atom. The number of rotatable bonds is 6. The second kappa shape index (κ2) is 15.3. The first kappa shape index (κ1) is 27.8. The van der Waals surface area contributed by atoms with Crippen molar-refractivity contribution in [2.75, 3.05) is 13.2 Å². The zero-order valence-corrected chi connectivity index (χ0v) is 21.8. The highest BCUT2D eigenvalue weighted by molar-refractivity contribution is 5.46. The van der Waals surface area contributed by atoms with Gasteiger partial charge in [0.25, 0.3) is 0 Å². The van der Waals surface area contributed by atoms with Crippen molar-refractivity contribution in [3.63, 3.8) is 0 Å². The van der Waals surface area contributed by atoms with Gasteiger partial charge in [0.15, 0.2) is 0 Å². The van der Waals surface area contributed by atoms with E-state index in [1.165, 1.54) is 0 Å². The number of phenols is 2. The number of hydrogen-bond donors (Lipinski definition) is 2. The lowest BCUT2D eigenvalue weighted by atomic mass is 10.2. The maximum absolute atomic E-state index is 9.18. The van der Waals surface area contributed by atoms with Crippen molar-refractivity contribution in [2.24, 2.45) is 0 Å². The van der Waals surface area contributed by atoms with E-state index in [-0.39, 0.29) is 11.5 Å². The van der Waals surface area contributed by atoms with E-state index in [2.05, 4.69) is 37.5 Å². The summed E-state index contributed by atoms with van der Waals surface area (Å²) in [5, 5.41) is 18.4. The van der Waals surface area contributed by atoms with Crippen molar-refractivity contribution in [1.29, 1.82) is 0 Å². The highest BCUT2D eigenvalue weighted by Gasteiger charge is 1.94. The molecule has 4 rings (SSSR count). The molecule has 0 saturated carbocycles. The molecule has 192 valence electrons. The summed E-state index contributed by atoms with van der Waals surface area (Å²) in [6, 6.07) is 29.2. The molecule has 0 amide bonds. The van der Waals surface area contributed by atoms with E-state index < -0.39 is 0 Å². The van der Waals surface area contributed by atoms with Crippen LogP contribution in [0.25, 0.3) is 0 Å². The number of benzene rings is 4. The molecule has 0 bridgehead atoms. The highest BCUT2D eigenvalue weighted by Crippen LogP contribution is 2.14. The third-order valence-corrected chi connectivity index (χ3v) is 5.09. The Balaban J connectivity index is 0.000000211. The van der Waals surface area contributed by atoms with Crippen LogP contribution in [0.3, 0.4) is 0 Å². The minimum absolute atomic E-state index is 0.253. The molecule has 0 aromatic heterocycles. The number of hydrogen-bond acceptors (Lipinski definition) is 4. The van der Waals surface area contributed by atoms with Crippen molar-refractivity contribution in [3.8, 4) is 46.7 Å². The normalized spacial score (nSPS) is 9.53. The maximum atomic E-state index is 9.18. The molecule has 38 heavy (non-hydrogen) atoms. The van der Waals surface area contributed by atoms with Crippen LogP contribution >= 0.6 is 0 Å².